The summed E-state index contributed by atoms with van der Waals surface area (Å²) in [5.41, 5.74) is 0.733. The Hall–Kier alpha value is -1.30. The Kier molecular flexibility index (Phi) is 4.06. The van der Waals surface area contributed by atoms with Gasteiger partial charge < -0.3 is 15.1 Å². The molecule has 0 radical (unpaired) electrons. The minimum absolute atomic E-state index is 0.00172. The lowest BCUT2D eigenvalue weighted by molar-refractivity contribution is 0.443. The van der Waals surface area contributed by atoms with Gasteiger partial charge in [0.25, 0.3) is 0 Å². The minimum atomic E-state index is 0.00172. The number of benzene rings is 1. The van der Waals surface area contributed by atoms with Crippen LogP contribution in [0.1, 0.15) is 18.9 Å². The first kappa shape index (κ1) is 13.1. The van der Waals surface area contributed by atoms with Gasteiger partial charge in [0.15, 0.2) is 0 Å². The van der Waals surface area contributed by atoms with E-state index < -0.39 is 0 Å². The molecule has 0 aliphatic heterocycles. The maximum Gasteiger partial charge on any atom is 0.320 e. The number of nitrogens with one attached hydrogen (secondary N) is 2. The van der Waals surface area contributed by atoms with Crippen LogP contribution >= 0.6 is 23.2 Å². The van der Waals surface area contributed by atoms with Crippen LogP contribution in [0.5, 0.6) is 0 Å². The highest BCUT2D eigenvalue weighted by atomic mass is 35.5. The van der Waals surface area contributed by atoms with Crippen molar-refractivity contribution in [3.8, 4) is 0 Å². The molecule has 0 saturated carbocycles. The summed E-state index contributed by atoms with van der Waals surface area (Å²) in [5.74, 6) is 0.514. The fourth-order valence-corrected chi connectivity index (χ4v) is 1.58. The van der Waals surface area contributed by atoms with E-state index in [1.807, 2.05) is 14.0 Å². The van der Waals surface area contributed by atoms with Crippen LogP contribution in [-0.2, 0) is 0 Å². The average molecular weight is 287 g/mol. The summed E-state index contributed by atoms with van der Waals surface area (Å²) in [5, 5.41) is 14.7. The van der Waals surface area contributed by atoms with Crippen LogP contribution in [0.3, 0.4) is 0 Å². The molecular formula is C11H12Cl2N4O. The van der Waals surface area contributed by atoms with Crippen molar-refractivity contribution in [2.24, 2.45) is 0 Å². The van der Waals surface area contributed by atoms with Crippen LogP contribution < -0.4 is 10.6 Å². The van der Waals surface area contributed by atoms with Crippen LogP contribution in [0.4, 0.5) is 11.7 Å². The molecule has 7 heteroatoms. The van der Waals surface area contributed by atoms with Crippen LogP contribution in [0, 0.1) is 0 Å². The summed E-state index contributed by atoms with van der Waals surface area (Å²) in [7, 11) is 1.82. The summed E-state index contributed by atoms with van der Waals surface area (Å²) >= 11 is 11.7. The van der Waals surface area contributed by atoms with Gasteiger partial charge in [-0.25, -0.2) is 0 Å². The predicted molar refractivity (Wildman–Crippen MR) is 71.5 cm³/mol. The Bertz CT molecular complexity index is 544. The van der Waals surface area contributed by atoms with E-state index in [1.54, 1.807) is 18.2 Å². The first-order valence-corrected chi connectivity index (χ1v) is 6.08. The molecule has 0 spiro atoms. The minimum Gasteiger partial charge on any atom is -0.406 e. The third-order valence-corrected chi connectivity index (χ3v) is 3.15. The predicted octanol–water partition coefficient (Wildman–Crippen LogP) is 3.40. The van der Waals surface area contributed by atoms with Crippen LogP contribution in [-0.4, -0.2) is 17.2 Å². The first-order valence-electron chi connectivity index (χ1n) is 5.33. The molecule has 1 aromatic heterocycles. The van der Waals surface area contributed by atoms with E-state index in [0.29, 0.717) is 22.0 Å². The highest BCUT2D eigenvalue weighted by Gasteiger charge is 2.12. The molecule has 0 fully saturated rings. The van der Waals surface area contributed by atoms with Gasteiger partial charge in [-0.05, 0) is 32.2 Å². The quantitative estimate of drug-likeness (QED) is 0.902. The van der Waals surface area contributed by atoms with E-state index in [4.69, 9.17) is 27.6 Å². The molecule has 96 valence electrons. The molecule has 1 heterocycles. The molecule has 0 aliphatic rings. The maximum absolute atomic E-state index is 5.91. The van der Waals surface area contributed by atoms with Crippen molar-refractivity contribution in [3.05, 3.63) is 34.1 Å². The third kappa shape index (κ3) is 2.93. The number of anilines is 2. The molecule has 0 aliphatic carbocycles. The molecule has 0 saturated heterocycles. The first-order chi connectivity index (χ1) is 8.60. The zero-order chi connectivity index (χ0) is 13.1. The Morgan fingerprint density at radius 3 is 2.67 bits per heavy atom. The summed E-state index contributed by atoms with van der Waals surface area (Å²) in [6.07, 6.45) is 0. The highest BCUT2D eigenvalue weighted by molar-refractivity contribution is 6.42. The number of aromatic nitrogens is 2. The van der Waals surface area contributed by atoms with Crippen molar-refractivity contribution in [1.82, 2.24) is 15.5 Å². The molecule has 2 N–H and O–H groups in total. The van der Waals surface area contributed by atoms with E-state index in [1.165, 1.54) is 0 Å². The molecule has 0 amide bonds. The SMILES string of the molecule is CNC(C)c1nnc(Nc2ccc(Cl)c(Cl)c2)o1. The third-order valence-electron chi connectivity index (χ3n) is 2.41. The lowest BCUT2D eigenvalue weighted by atomic mass is 10.3. The van der Waals surface area contributed by atoms with Crippen LogP contribution in [0.15, 0.2) is 22.6 Å². The molecule has 18 heavy (non-hydrogen) atoms. The van der Waals surface area contributed by atoms with Crippen LogP contribution in [0.2, 0.25) is 10.0 Å². The molecule has 1 aromatic carbocycles. The van der Waals surface area contributed by atoms with Gasteiger partial charge in [0.2, 0.25) is 5.89 Å². The van der Waals surface area contributed by atoms with E-state index in [-0.39, 0.29) is 6.04 Å². The van der Waals surface area contributed by atoms with E-state index >= 15 is 0 Å². The summed E-state index contributed by atoms with van der Waals surface area (Å²) in [6.45, 7) is 1.93. The van der Waals surface area contributed by atoms with Crippen molar-refractivity contribution in [1.29, 1.82) is 0 Å². The summed E-state index contributed by atoms with van der Waals surface area (Å²) < 4.78 is 5.44. The van der Waals surface area contributed by atoms with Gasteiger partial charge in [-0.2, -0.15) is 0 Å². The normalized spacial score (nSPS) is 12.4. The van der Waals surface area contributed by atoms with Gasteiger partial charge in [-0.15, -0.1) is 5.10 Å². The number of hydrogen-bond donors (Lipinski definition) is 2. The lowest BCUT2D eigenvalue weighted by Crippen LogP contribution is -2.12. The number of rotatable bonds is 4. The number of halogens is 2. The summed E-state index contributed by atoms with van der Waals surface area (Å²) in [6, 6.07) is 5.47. The monoisotopic (exact) mass is 286 g/mol. The second-order valence-corrected chi connectivity index (χ2v) is 4.52. The van der Waals surface area contributed by atoms with Crippen LogP contribution in [0.25, 0.3) is 0 Å². The van der Waals surface area contributed by atoms with Crippen molar-refractivity contribution < 1.29 is 4.42 Å². The standard InChI is InChI=1S/C11H12Cl2N4O/c1-6(14-2)10-16-17-11(18-10)15-7-3-4-8(12)9(13)5-7/h3-6,14H,1-2H3,(H,15,17). The Labute approximate surface area is 114 Å². The van der Waals surface area contributed by atoms with Crippen molar-refractivity contribution >= 4 is 34.9 Å². The fourth-order valence-electron chi connectivity index (χ4n) is 1.28. The largest absolute Gasteiger partial charge is 0.406 e. The maximum atomic E-state index is 5.91. The van der Waals surface area contributed by atoms with E-state index in [0.717, 1.165) is 5.69 Å². The lowest BCUT2D eigenvalue weighted by Gasteiger charge is -2.04. The van der Waals surface area contributed by atoms with E-state index in [9.17, 15) is 0 Å². The average Bonchev–Trinajstić information content (AvgIpc) is 2.81. The number of hydrogen-bond acceptors (Lipinski definition) is 5. The van der Waals surface area contributed by atoms with E-state index in [2.05, 4.69) is 20.8 Å². The van der Waals surface area contributed by atoms with Gasteiger partial charge in [-0.1, -0.05) is 28.3 Å². The second kappa shape index (κ2) is 5.56. The number of nitrogens with zero attached hydrogens (tertiary/aromatic N) is 2. The Balaban J connectivity index is 2.13. The second-order valence-electron chi connectivity index (χ2n) is 3.71. The summed E-state index contributed by atoms with van der Waals surface area (Å²) in [4.78, 5) is 0. The smallest absolute Gasteiger partial charge is 0.320 e. The van der Waals surface area contributed by atoms with Gasteiger partial charge in [0, 0.05) is 5.69 Å². The topological polar surface area (TPSA) is 63.0 Å². The van der Waals surface area contributed by atoms with Gasteiger partial charge in [0.1, 0.15) is 0 Å². The molecule has 5 nitrogen and oxygen atoms in total. The molecule has 2 rings (SSSR count). The fraction of sp³-hybridized carbons (Fsp3) is 0.273. The molecule has 1 unspecified atom stereocenters. The van der Waals surface area contributed by atoms with Crippen molar-refractivity contribution in [2.45, 2.75) is 13.0 Å². The highest BCUT2D eigenvalue weighted by Crippen LogP contribution is 2.26. The molecule has 1 atom stereocenters. The van der Waals surface area contributed by atoms with Crippen molar-refractivity contribution in [2.75, 3.05) is 12.4 Å². The van der Waals surface area contributed by atoms with Gasteiger partial charge >= 0.3 is 6.01 Å². The van der Waals surface area contributed by atoms with Gasteiger partial charge in [0.05, 0.1) is 16.1 Å². The Morgan fingerprint density at radius 1 is 1.22 bits per heavy atom. The van der Waals surface area contributed by atoms with Gasteiger partial charge in [-0.3, -0.25) is 0 Å². The Morgan fingerprint density at radius 2 is 2.00 bits per heavy atom. The molecule has 2 aromatic rings. The molecule has 0 bridgehead atoms. The zero-order valence-electron chi connectivity index (χ0n) is 9.87. The zero-order valence-corrected chi connectivity index (χ0v) is 11.4. The van der Waals surface area contributed by atoms with Crippen molar-refractivity contribution in [3.63, 3.8) is 0 Å². The molecular weight excluding hydrogens is 275 g/mol.